The number of nitriles is 1. The second-order valence-electron chi connectivity index (χ2n) is 7.39. The lowest BCUT2D eigenvalue weighted by atomic mass is 10.1. The van der Waals surface area contributed by atoms with Gasteiger partial charge in [-0.05, 0) is 44.2 Å². The minimum atomic E-state index is 0.124. The first-order valence-electron chi connectivity index (χ1n) is 10.2. The Balaban J connectivity index is 0.00000103. The maximum absolute atomic E-state index is 9.14. The van der Waals surface area contributed by atoms with Gasteiger partial charge >= 0.3 is 6.15 Å². The van der Waals surface area contributed by atoms with E-state index in [1.54, 1.807) is 35.1 Å². The van der Waals surface area contributed by atoms with Crippen molar-refractivity contribution >= 4 is 17.9 Å². The van der Waals surface area contributed by atoms with Crippen molar-refractivity contribution < 1.29 is 9.59 Å². The van der Waals surface area contributed by atoms with Crippen LogP contribution in [0.5, 0.6) is 0 Å². The van der Waals surface area contributed by atoms with Crippen molar-refractivity contribution in [3.8, 4) is 28.7 Å². The Bertz CT molecular complexity index is 1350. The Morgan fingerprint density at radius 1 is 1.03 bits per heavy atom. The summed E-state index contributed by atoms with van der Waals surface area (Å²) in [7, 11) is 0. The topological polar surface area (TPSA) is 165 Å². The van der Waals surface area contributed by atoms with E-state index in [1.165, 1.54) is 0 Å². The summed E-state index contributed by atoms with van der Waals surface area (Å²) in [4.78, 5) is 29.5. The van der Waals surface area contributed by atoms with Gasteiger partial charge in [0.1, 0.15) is 11.5 Å². The predicted octanol–water partition coefficient (Wildman–Crippen LogP) is 2.54. The molecule has 0 aliphatic heterocycles. The number of nitrogens with two attached hydrogens (primary N) is 1. The predicted molar refractivity (Wildman–Crippen MR) is 123 cm³/mol. The van der Waals surface area contributed by atoms with E-state index in [9.17, 15) is 0 Å². The van der Waals surface area contributed by atoms with Gasteiger partial charge in [0, 0.05) is 11.6 Å². The highest BCUT2D eigenvalue weighted by Crippen LogP contribution is 2.24. The number of nitrogens with zero attached hydrogens (tertiary/aromatic N) is 7. The van der Waals surface area contributed by atoms with Gasteiger partial charge in [-0.1, -0.05) is 23.4 Å². The summed E-state index contributed by atoms with van der Waals surface area (Å²) >= 11 is 0. The summed E-state index contributed by atoms with van der Waals surface area (Å²) in [6, 6.07) is 17.2. The molecule has 170 valence electrons. The van der Waals surface area contributed by atoms with Crippen LogP contribution in [-0.4, -0.2) is 42.1 Å². The second-order valence-corrected chi connectivity index (χ2v) is 7.39. The summed E-state index contributed by atoms with van der Waals surface area (Å²) in [6.45, 7) is 4.60. The maximum atomic E-state index is 9.14. The van der Waals surface area contributed by atoms with Crippen molar-refractivity contribution in [1.82, 2.24) is 29.9 Å². The van der Waals surface area contributed by atoms with Gasteiger partial charge in [-0.15, -0.1) is 5.10 Å². The Morgan fingerprint density at radius 2 is 1.76 bits per heavy atom. The minimum Gasteiger partial charge on any atom is -0.368 e. The molecular weight excluding hydrogens is 434 g/mol. The lowest BCUT2D eigenvalue weighted by Crippen LogP contribution is -2.12. The zero-order valence-electron chi connectivity index (χ0n) is 18.5. The van der Waals surface area contributed by atoms with Crippen LogP contribution in [-0.2, 0) is 16.1 Å². The molecule has 0 unspecified atom stereocenters. The van der Waals surface area contributed by atoms with E-state index in [4.69, 9.17) is 20.6 Å². The molecule has 0 radical (unpaired) electrons. The molecule has 0 amide bonds. The molecule has 0 saturated carbocycles. The molecule has 0 atom stereocenters. The van der Waals surface area contributed by atoms with Crippen molar-refractivity contribution in [3.63, 3.8) is 0 Å². The molecule has 34 heavy (non-hydrogen) atoms. The molecule has 0 bridgehead atoms. The molecular formula is C23H21N9O2. The normalized spacial score (nSPS) is 10.1. The molecule has 0 aliphatic rings. The number of rotatable bonds is 6. The van der Waals surface area contributed by atoms with Crippen LogP contribution in [0.15, 0.2) is 54.7 Å². The number of benzene rings is 1. The van der Waals surface area contributed by atoms with E-state index in [0.29, 0.717) is 35.2 Å². The quantitative estimate of drug-likeness (QED) is 0.441. The Hall–Kier alpha value is -4.94. The average Bonchev–Trinajstić information content (AvgIpc) is 3.27. The van der Waals surface area contributed by atoms with Gasteiger partial charge < -0.3 is 11.1 Å². The van der Waals surface area contributed by atoms with Crippen molar-refractivity contribution in [2.24, 2.45) is 0 Å². The largest absolute Gasteiger partial charge is 0.373 e. The molecule has 4 rings (SSSR count). The Labute approximate surface area is 195 Å². The highest BCUT2D eigenvalue weighted by molar-refractivity contribution is 5.68. The van der Waals surface area contributed by atoms with Crippen LogP contribution in [0.25, 0.3) is 22.6 Å². The first kappa shape index (κ1) is 23.7. The van der Waals surface area contributed by atoms with E-state index in [0.717, 1.165) is 17.1 Å². The van der Waals surface area contributed by atoms with Crippen LogP contribution in [0.1, 0.15) is 25.1 Å². The number of nitrogens with one attached hydrogen (secondary N) is 1. The van der Waals surface area contributed by atoms with Gasteiger partial charge in [0.15, 0.2) is 0 Å². The van der Waals surface area contributed by atoms with E-state index < -0.39 is 0 Å². The molecule has 0 saturated heterocycles. The average molecular weight is 455 g/mol. The molecule has 0 spiro atoms. The number of aromatic nitrogens is 6. The van der Waals surface area contributed by atoms with Gasteiger partial charge in [0.2, 0.25) is 5.95 Å². The summed E-state index contributed by atoms with van der Waals surface area (Å²) < 4.78 is 1.70. The standard InChI is InChI=1S/C22H21N9.CO2/c1-14(2)25-21-8-4-7-17(26-21)12-31-13-20(29-30-31)19-10-18(27-22(24)28-19)16-6-3-5-15(9-16)11-23;2-1-3/h3-10,13-14H,12H2,1-2H3,(H,25,26)(H2,24,27,28);. The van der Waals surface area contributed by atoms with Crippen LogP contribution in [0.4, 0.5) is 11.8 Å². The van der Waals surface area contributed by atoms with Crippen LogP contribution in [0.2, 0.25) is 0 Å². The molecule has 3 heterocycles. The number of carbonyl (C=O) groups excluding carboxylic acids is 2. The molecule has 3 aromatic heterocycles. The number of nitrogen functional groups attached to an aromatic ring is 1. The fourth-order valence-electron chi connectivity index (χ4n) is 3.10. The maximum Gasteiger partial charge on any atom is 0.373 e. The lowest BCUT2D eigenvalue weighted by Gasteiger charge is -2.10. The van der Waals surface area contributed by atoms with Gasteiger partial charge in [0.25, 0.3) is 0 Å². The third kappa shape index (κ3) is 6.29. The van der Waals surface area contributed by atoms with Crippen LogP contribution < -0.4 is 11.1 Å². The zero-order valence-corrected chi connectivity index (χ0v) is 18.5. The summed E-state index contributed by atoms with van der Waals surface area (Å²) in [5.41, 5.74) is 9.86. The highest BCUT2D eigenvalue weighted by Gasteiger charge is 2.12. The first-order valence-corrected chi connectivity index (χ1v) is 10.2. The molecule has 4 aromatic rings. The fraction of sp³-hybridized carbons (Fsp3) is 0.174. The number of hydrogen-bond acceptors (Lipinski definition) is 10. The van der Waals surface area contributed by atoms with Crippen molar-refractivity contribution in [2.45, 2.75) is 26.4 Å². The van der Waals surface area contributed by atoms with E-state index in [1.807, 2.05) is 24.3 Å². The van der Waals surface area contributed by atoms with Gasteiger partial charge in [0.05, 0.1) is 41.5 Å². The third-order valence-electron chi connectivity index (χ3n) is 4.40. The minimum absolute atomic E-state index is 0.124. The molecule has 1 aromatic carbocycles. The number of anilines is 2. The monoisotopic (exact) mass is 455 g/mol. The zero-order chi connectivity index (χ0) is 24.5. The van der Waals surface area contributed by atoms with Crippen molar-refractivity contribution in [1.29, 1.82) is 5.26 Å². The Kier molecular flexibility index (Phi) is 7.73. The molecule has 3 N–H and O–H groups in total. The SMILES string of the molecule is CC(C)Nc1cccc(Cn2cc(-c3cc(-c4cccc(C#N)c4)nc(N)n3)nn2)n1.O=C=O. The summed E-state index contributed by atoms with van der Waals surface area (Å²) in [5.74, 6) is 0.944. The van der Waals surface area contributed by atoms with Gasteiger partial charge in [-0.25, -0.2) is 19.6 Å². The van der Waals surface area contributed by atoms with Gasteiger partial charge in [-0.2, -0.15) is 14.9 Å². The summed E-state index contributed by atoms with van der Waals surface area (Å²) in [6.07, 6.45) is 2.04. The molecule has 0 aliphatic carbocycles. The van der Waals surface area contributed by atoms with E-state index >= 15 is 0 Å². The number of hydrogen-bond donors (Lipinski definition) is 2. The number of pyridine rings is 1. The fourth-order valence-corrected chi connectivity index (χ4v) is 3.10. The van der Waals surface area contributed by atoms with Crippen molar-refractivity contribution in [2.75, 3.05) is 11.1 Å². The van der Waals surface area contributed by atoms with Crippen LogP contribution >= 0.6 is 0 Å². The smallest absolute Gasteiger partial charge is 0.368 e. The summed E-state index contributed by atoms with van der Waals surface area (Å²) in [5, 5.41) is 20.9. The van der Waals surface area contributed by atoms with Crippen LogP contribution in [0.3, 0.4) is 0 Å². The van der Waals surface area contributed by atoms with Crippen molar-refractivity contribution in [3.05, 3.63) is 66.0 Å². The third-order valence-corrected chi connectivity index (χ3v) is 4.40. The highest BCUT2D eigenvalue weighted by atomic mass is 16.2. The molecule has 11 nitrogen and oxygen atoms in total. The second kappa shape index (κ2) is 11.1. The van der Waals surface area contributed by atoms with Gasteiger partial charge in [-0.3, -0.25) is 0 Å². The van der Waals surface area contributed by atoms with Crippen LogP contribution in [0, 0.1) is 11.3 Å². The molecule has 11 heteroatoms. The molecule has 0 fully saturated rings. The Morgan fingerprint density at radius 3 is 2.50 bits per heavy atom. The lowest BCUT2D eigenvalue weighted by molar-refractivity contribution is -0.191. The first-order chi connectivity index (χ1) is 16.4. The van der Waals surface area contributed by atoms with E-state index in [-0.39, 0.29) is 12.1 Å². The van der Waals surface area contributed by atoms with E-state index in [2.05, 4.69) is 50.5 Å².